The van der Waals surface area contributed by atoms with E-state index >= 15 is 0 Å². The molecule has 0 N–H and O–H groups in total. The molecule has 1 atom stereocenters. The van der Waals surface area contributed by atoms with Crippen LogP contribution in [-0.4, -0.2) is 66.2 Å². The number of furan rings is 1. The number of benzene rings is 2. The highest BCUT2D eigenvalue weighted by molar-refractivity contribution is 7.91. The van der Waals surface area contributed by atoms with Crippen LogP contribution in [0.3, 0.4) is 0 Å². The smallest absolute Gasteiger partial charge is 0.331 e. The topological polar surface area (TPSA) is 112 Å². The number of nitrogens with zero attached hydrogens (tertiary/aromatic N) is 3. The quantitative estimate of drug-likeness (QED) is 0.271. The summed E-state index contributed by atoms with van der Waals surface area (Å²) < 4.78 is 36.2. The minimum atomic E-state index is -3.13. The van der Waals surface area contributed by atoms with Crippen molar-refractivity contribution in [3.05, 3.63) is 78.5 Å². The largest absolute Gasteiger partial charge is 0.454 e. The predicted octanol–water partition coefficient (Wildman–Crippen LogP) is 3.49. The third-order valence-electron chi connectivity index (χ3n) is 6.31. The molecule has 0 bridgehead atoms. The fourth-order valence-corrected chi connectivity index (χ4v) is 6.01. The summed E-state index contributed by atoms with van der Waals surface area (Å²) in [6.45, 7) is -0.476. The van der Waals surface area contributed by atoms with Crippen LogP contribution < -0.4 is 0 Å². The number of para-hydroxylation sites is 2. The molecule has 5 rings (SSSR count). The van der Waals surface area contributed by atoms with Crippen molar-refractivity contribution >= 4 is 38.8 Å². The molecule has 3 heterocycles. The first-order chi connectivity index (χ1) is 17.8. The molecule has 37 heavy (non-hydrogen) atoms. The second-order valence-corrected chi connectivity index (χ2v) is 11.1. The number of aromatic nitrogens is 2. The number of fused-ring (bicyclic) bond motifs is 1. The standard InChI is InChI=1S/C27H25N3O6S/c1-29(22-13-14-37(33,34)18-22)25(31)17-35-26(32)12-11-20-16-30(21-8-3-2-4-9-21)28-27(20)24-15-19-7-5-6-10-23(19)36-24/h2-12,15-16,22H,13-14,17-18H2,1H3/b12-11+/t22-/m1/s1. The first kappa shape index (κ1) is 24.5. The lowest BCUT2D eigenvalue weighted by atomic mass is 10.2. The monoisotopic (exact) mass is 519 g/mol. The number of hydrogen-bond donors (Lipinski definition) is 0. The van der Waals surface area contributed by atoms with Crippen LogP contribution in [0.5, 0.6) is 0 Å². The predicted molar refractivity (Wildman–Crippen MR) is 139 cm³/mol. The summed E-state index contributed by atoms with van der Waals surface area (Å²) in [6, 6.07) is 18.7. The minimum absolute atomic E-state index is 0.0576. The molecule has 0 saturated carbocycles. The van der Waals surface area contributed by atoms with Crippen LogP contribution in [0.15, 0.2) is 77.4 Å². The molecule has 1 aliphatic rings. The highest BCUT2D eigenvalue weighted by Gasteiger charge is 2.32. The molecule has 0 aliphatic carbocycles. The number of rotatable bonds is 7. The van der Waals surface area contributed by atoms with E-state index in [2.05, 4.69) is 5.10 Å². The SMILES string of the molecule is CN(C(=O)COC(=O)/C=C/c1cn(-c2ccccc2)nc1-c1cc2ccccc2o1)[C@@H]1CCS(=O)(=O)C1. The Morgan fingerprint density at radius 1 is 1.16 bits per heavy atom. The lowest BCUT2D eigenvalue weighted by Crippen LogP contribution is -2.40. The van der Waals surface area contributed by atoms with E-state index in [-0.39, 0.29) is 11.5 Å². The third-order valence-corrected chi connectivity index (χ3v) is 8.06. The van der Waals surface area contributed by atoms with E-state index in [1.807, 2.05) is 60.7 Å². The first-order valence-corrected chi connectivity index (χ1v) is 13.6. The number of carbonyl (C=O) groups excluding carboxylic acids is 2. The number of ether oxygens (including phenoxy) is 1. The number of carbonyl (C=O) groups is 2. The van der Waals surface area contributed by atoms with E-state index in [1.165, 1.54) is 18.0 Å². The van der Waals surface area contributed by atoms with Crippen LogP contribution in [-0.2, 0) is 24.2 Å². The maximum atomic E-state index is 12.4. The summed E-state index contributed by atoms with van der Waals surface area (Å²) in [4.78, 5) is 26.2. The zero-order valence-electron chi connectivity index (χ0n) is 20.1. The van der Waals surface area contributed by atoms with Gasteiger partial charge in [0, 0.05) is 36.3 Å². The van der Waals surface area contributed by atoms with Crippen LogP contribution in [0.2, 0.25) is 0 Å². The average Bonchev–Trinajstić information content (AvgIpc) is 3.62. The lowest BCUT2D eigenvalue weighted by molar-refractivity contribution is -0.148. The third kappa shape index (κ3) is 5.49. The summed E-state index contributed by atoms with van der Waals surface area (Å²) in [5.41, 5.74) is 2.73. The second kappa shape index (κ2) is 10.1. The Balaban J connectivity index is 1.32. The first-order valence-electron chi connectivity index (χ1n) is 11.7. The van der Waals surface area contributed by atoms with Crippen molar-refractivity contribution in [1.29, 1.82) is 0 Å². The van der Waals surface area contributed by atoms with Crippen molar-refractivity contribution in [2.75, 3.05) is 25.2 Å². The molecule has 1 aliphatic heterocycles. The van der Waals surface area contributed by atoms with Gasteiger partial charge in [0.05, 0.1) is 17.2 Å². The summed E-state index contributed by atoms with van der Waals surface area (Å²) in [5.74, 6) is -0.624. The van der Waals surface area contributed by atoms with E-state index in [1.54, 1.807) is 17.0 Å². The molecular formula is C27H25N3O6S. The summed E-state index contributed by atoms with van der Waals surface area (Å²) in [7, 11) is -1.60. The van der Waals surface area contributed by atoms with Gasteiger partial charge in [-0.05, 0) is 36.8 Å². The Morgan fingerprint density at radius 3 is 2.65 bits per heavy atom. The molecule has 1 amide bonds. The number of hydrogen-bond acceptors (Lipinski definition) is 7. The van der Waals surface area contributed by atoms with Crippen molar-refractivity contribution in [3.63, 3.8) is 0 Å². The fraction of sp³-hybridized carbons (Fsp3) is 0.222. The van der Waals surface area contributed by atoms with Crippen molar-refractivity contribution in [1.82, 2.24) is 14.7 Å². The van der Waals surface area contributed by atoms with Gasteiger partial charge in [0.1, 0.15) is 11.3 Å². The number of esters is 1. The van der Waals surface area contributed by atoms with E-state index in [9.17, 15) is 18.0 Å². The van der Waals surface area contributed by atoms with E-state index < -0.39 is 34.4 Å². The van der Waals surface area contributed by atoms with Crippen molar-refractivity contribution in [3.8, 4) is 17.1 Å². The van der Waals surface area contributed by atoms with Gasteiger partial charge in [-0.2, -0.15) is 5.10 Å². The van der Waals surface area contributed by atoms with Gasteiger partial charge in [-0.1, -0.05) is 36.4 Å². The van der Waals surface area contributed by atoms with E-state index in [4.69, 9.17) is 9.15 Å². The van der Waals surface area contributed by atoms with Gasteiger partial charge in [0.15, 0.2) is 22.2 Å². The van der Waals surface area contributed by atoms with Crippen LogP contribution in [0.4, 0.5) is 0 Å². The van der Waals surface area contributed by atoms with Gasteiger partial charge < -0.3 is 14.1 Å². The zero-order chi connectivity index (χ0) is 26.0. The van der Waals surface area contributed by atoms with Gasteiger partial charge in [-0.15, -0.1) is 0 Å². The summed E-state index contributed by atoms with van der Waals surface area (Å²) in [6.07, 6.45) is 4.95. The fourth-order valence-electron chi connectivity index (χ4n) is 4.24. The van der Waals surface area contributed by atoms with E-state index in [0.717, 1.165) is 16.7 Å². The number of likely N-dealkylation sites (N-methyl/N-ethyl adjacent to an activating group) is 1. The zero-order valence-corrected chi connectivity index (χ0v) is 20.9. The second-order valence-electron chi connectivity index (χ2n) is 8.86. The summed E-state index contributed by atoms with van der Waals surface area (Å²) >= 11 is 0. The molecule has 0 unspecified atom stereocenters. The number of amides is 1. The van der Waals surface area contributed by atoms with Gasteiger partial charge in [-0.25, -0.2) is 17.9 Å². The normalized spacial score (nSPS) is 16.8. The molecule has 1 fully saturated rings. The molecule has 9 nitrogen and oxygen atoms in total. The maximum Gasteiger partial charge on any atom is 0.331 e. The van der Waals surface area contributed by atoms with Crippen molar-refractivity contribution in [2.45, 2.75) is 12.5 Å². The molecule has 4 aromatic rings. The van der Waals surface area contributed by atoms with Gasteiger partial charge in [0.2, 0.25) is 0 Å². The average molecular weight is 520 g/mol. The van der Waals surface area contributed by atoms with Gasteiger partial charge >= 0.3 is 5.97 Å². The minimum Gasteiger partial charge on any atom is -0.454 e. The van der Waals surface area contributed by atoms with Crippen molar-refractivity contribution < 1.29 is 27.2 Å². The van der Waals surface area contributed by atoms with Crippen LogP contribution in [0.1, 0.15) is 12.0 Å². The molecule has 0 spiro atoms. The molecule has 10 heteroatoms. The highest BCUT2D eigenvalue weighted by atomic mass is 32.2. The molecule has 0 radical (unpaired) electrons. The van der Waals surface area contributed by atoms with Crippen molar-refractivity contribution in [2.24, 2.45) is 0 Å². The molecular weight excluding hydrogens is 494 g/mol. The van der Waals surface area contributed by atoms with Gasteiger partial charge in [0.25, 0.3) is 5.91 Å². The van der Waals surface area contributed by atoms with Crippen LogP contribution in [0, 0.1) is 0 Å². The molecule has 190 valence electrons. The highest BCUT2D eigenvalue weighted by Crippen LogP contribution is 2.30. The Kier molecular flexibility index (Phi) is 6.66. The Bertz CT molecular complexity index is 1550. The molecule has 1 saturated heterocycles. The molecule has 2 aromatic carbocycles. The van der Waals surface area contributed by atoms with E-state index in [0.29, 0.717) is 23.4 Å². The summed E-state index contributed by atoms with van der Waals surface area (Å²) in [5, 5.41) is 5.62. The van der Waals surface area contributed by atoms with Crippen LogP contribution in [0.25, 0.3) is 34.2 Å². The van der Waals surface area contributed by atoms with Crippen LogP contribution >= 0.6 is 0 Å². The Morgan fingerprint density at radius 2 is 1.92 bits per heavy atom. The van der Waals surface area contributed by atoms with Gasteiger partial charge in [-0.3, -0.25) is 4.79 Å². The Labute approximate surface area is 213 Å². The molecule has 2 aromatic heterocycles. The number of sulfone groups is 1. The maximum absolute atomic E-state index is 12.4. The Hall–Kier alpha value is -4.18. The lowest BCUT2D eigenvalue weighted by Gasteiger charge is -2.22.